The van der Waals surface area contributed by atoms with Gasteiger partial charge in [-0.15, -0.1) is 0 Å². The third-order valence-corrected chi connectivity index (χ3v) is 5.26. The fraction of sp³-hybridized carbons (Fsp3) is 0.571. The van der Waals surface area contributed by atoms with Crippen LogP contribution in [0.25, 0.3) is 0 Å². The van der Waals surface area contributed by atoms with E-state index in [-0.39, 0.29) is 0 Å². The summed E-state index contributed by atoms with van der Waals surface area (Å²) in [5.74, 6) is 0.663. The third kappa shape index (κ3) is 3.94. The van der Waals surface area contributed by atoms with Crippen molar-refractivity contribution in [3.63, 3.8) is 0 Å². The van der Waals surface area contributed by atoms with Crippen molar-refractivity contribution in [2.75, 3.05) is 39.0 Å². The molecule has 0 radical (unpaired) electrons. The number of rotatable bonds is 5. The van der Waals surface area contributed by atoms with Crippen molar-refractivity contribution in [2.45, 2.75) is 17.7 Å². The van der Waals surface area contributed by atoms with Crippen LogP contribution in [0.2, 0.25) is 0 Å². The number of sulfonamides is 1. The first-order valence-corrected chi connectivity index (χ1v) is 8.45. The maximum atomic E-state index is 11.8. The third-order valence-electron chi connectivity index (χ3n) is 3.85. The van der Waals surface area contributed by atoms with Crippen molar-refractivity contribution < 1.29 is 8.42 Å². The lowest BCUT2D eigenvalue weighted by Crippen LogP contribution is -2.32. The number of nitrogens with zero attached hydrogens (tertiary/aromatic N) is 1. The average Bonchev–Trinajstić information content (AvgIpc) is 2.47. The van der Waals surface area contributed by atoms with Gasteiger partial charge in [0.15, 0.2) is 0 Å². The van der Waals surface area contributed by atoms with Crippen molar-refractivity contribution in [1.82, 2.24) is 9.62 Å². The predicted octanol–water partition coefficient (Wildman–Crippen LogP) is 1.35. The first kappa shape index (κ1) is 15.3. The monoisotopic (exact) mass is 297 g/mol. The van der Waals surface area contributed by atoms with Crippen LogP contribution in [0.4, 0.5) is 5.69 Å². The molecule has 5 nitrogen and oxygen atoms in total. The molecular weight excluding hydrogens is 274 g/mol. The maximum absolute atomic E-state index is 11.8. The van der Waals surface area contributed by atoms with E-state index < -0.39 is 10.0 Å². The van der Waals surface area contributed by atoms with Gasteiger partial charge in [-0.25, -0.2) is 13.1 Å². The molecule has 2 N–H and O–H groups in total. The molecule has 1 aliphatic rings. The molecule has 0 bridgehead atoms. The molecule has 112 valence electrons. The van der Waals surface area contributed by atoms with Crippen molar-refractivity contribution in [3.05, 3.63) is 24.3 Å². The molecule has 1 saturated heterocycles. The van der Waals surface area contributed by atoms with E-state index in [4.69, 9.17) is 0 Å². The molecule has 2 rings (SSSR count). The largest absolute Gasteiger partial charge is 0.385 e. The molecule has 0 amide bonds. The van der Waals surface area contributed by atoms with Crippen molar-refractivity contribution in [2.24, 2.45) is 5.92 Å². The number of hydrogen-bond acceptors (Lipinski definition) is 4. The van der Waals surface area contributed by atoms with Crippen LogP contribution < -0.4 is 10.0 Å². The SMILES string of the molecule is CNS(=O)(=O)c1cccc(NCC2CCN(C)CC2)c1. The van der Waals surface area contributed by atoms with Gasteiger partial charge in [0.25, 0.3) is 0 Å². The summed E-state index contributed by atoms with van der Waals surface area (Å²) in [6, 6.07) is 6.96. The summed E-state index contributed by atoms with van der Waals surface area (Å²) >= 11 is 0. The summed E-state index contributed by atoms with van der Waals surface area (Å²) in [4.78, 5) is 2.64. The lowest BCUT2D eigenvalue weighted by molar-refractivity contribution is 0.226. The van der Waals surface area contributed by atoms with E-state index in [1.54, 1.807) is 18.2 Å². The Labute approximate surface area is 121 Å². The van der Waals surface area contributed by atoms with E-state index in [1.165, 1.54) is 19.9 Å². The molecule has 0 spiro atoms. The van der Waals surface area contributed by atoms with Crippen molar-refractivity contribution in [3.8, 4) is 0 Å². The number of benzene rings is 1. The summed E-state index contributed by atoms with van der Waals surface area (Å²) in [5, 5.41) is 3.36. The maximum Gasteiger partial charge on any atom is 0.240 e. The smallest absolute Gasteiger partial charge is 0.240 e. The summed E-state index contributed by atoms with van der Waals surface area (Å²) in [7, 11) is 0.205. The minimum absolute atomic E-state index is 0.299. The van der Waals surface area contributed by atoms with Gasteiger partial charge in [-0.1, -0.05) is 6.07 Å². The van der Waals surface area contributed by atoms with Gasteiger partial charge in [0, 0.05) is 12.2 Å². The molecule has 0 aliphatic carbocycles. The normalized spacial score (nSPS) is 18.1. The summed E-state index contributed by atoms with van der Waals surface area (Å²) in [6.07, 6.45) is 2.38. The number of nitrogens with one attached hydrogen (secondary N) is 2. The fourth-order valence-corrected chi connectivity index (χ4v) is 3.19. The number of anilines is 1. The quantitative estimate of drug-likeness (QED) is 0.861. The van der Waals surface area contributed by atoms with Crippen LogP contribution in [0.3, 0.4) is 0 Å². The summed E-state index contributed by atoms with van der Waals surface area (Å²) < 4.78 is 25.8. The second kappa shape index (κ2) is 6.56. The van der Waals surface area contributed by atoms with Gasteiger partial charge in [-0.2, -0.15) is 0 Å². The summed E-state index contributed by atoms with van der Waals surface area (Å²) in [6.45, 7) is 3.18. The molecule has 1 aromatic carbocycles. The Morgan fingerprint density at radius 1 is 1.30 bits per heavy atom. The number of likely N-dealkylation sites (tertiary alicyclic amines) is 1. The molecule has 0 atom stereocenters. The standard InChI is InChI=1S/C14H23N3O2S/c1-15-20(18,19)14-5-3-4-13(10-14)16-11-12-6-8-17(2)9-7-12/h3-5,10,12,15-16H,6-9,11H2,1-2H3. The van der Waals surface area contributed by atoms with Gasteiger partial charge >= 0.3 is 0 Å². The Bertz CT molecular complexity index is 537. The van der Waals surface area contributed by atoms with Crippen LogP contribution in [-0.2, 0) is 10.0 Å². The van der Waals surface area contributed by atoms with E-state index in [2.05, 4.69) is 22.0 Å². The number of piperidine rings is 1. The molecule has 20 heavy (non-hydrogen) atoms. The first-order valence-electron chi connectivity index (χ1n) is 6.97. The van der Waals surface area contributed by atoms with Crippen LogP contribution in [0.5, 0.6) is 0 Å². The van der Waals surface area contributed by atoms with E-state index in [0.29, 0.717) is 10.8 Å². The second-order valence-electron chi connectivity index (χ2n) is 5.36. The zero-order valence-corrected chi connectivity index (χ0v) is 12.9. The molecule has 1 heterocycles. The average molecular weight is 297 g/mol. The molecule has 0 unspecified atom stereocenters. The fourth-order valence-electron chi connectivity index (χ4n) is 2.42. The highest BCUT2D eigenvalue weighted by Crippen LogP contribution is 2.19. The van der Waals surface area contributed by atoms with Crippen molar-refractivity contribution in [1.29, 1.82) is 0 Å². The van der Waals surface area contributed by atoms with Crippen LogP contribution in [0.15, 0.2) is 29.2 Å². The minimum Gasteiger partial charge on any atom is -0.385 e. The van der Waals surface area contributed by atoms with Crippen LogP contribution in [0, 0.1) is 5.92 Å². The van der Waals surface area contributed by atoms with Gasteiger partial charge in [0.1, 0.15) is 0 Å². The molecule has 1 aromatic rings. The molecule has 1 fully saturated rings. The van der Waals surface area contributed by atoms with E-state index >= 15 is 0 Å². The molecule has 0 aromatic heterocycles. The zero-order valence-electron chi connectivity index (χ0n) is 12.1. The van der Waals surface area contributed by atoms with E-state index in [9.17, 15) is 8.42 Å². The van der Waals surface area contributed by atoms with Gasteiger partial charge in [0.2, 0.25) is 10.0 Å². The predicted molar refractivity (Wildman–Crippen MR) is 81.4 cm³/mol. The van der Waals surface area contributed by atoms with Crippen molar-refractivity contribution >= 4 is 15.7 Å². The van der Waals surface area contributed by atoms with E-state index in [1.807, 2.05) is 6.07 Å². The highest BCUT2D eigenvalue weighted by molar-refractivity contribution is 7.89. The Balaban J connectivity index is 1.95. The highest BCUT2D eigenvalue weighted by Gasteiger charge is 2.16. The zero-order chi connectivity index (χ0) is 14.6. The molecular formula is C14H23N3O2S. The molecule has 6 heteroatoms. The van der Waals surface area contributed by atoms with Gasteiger partial charge in [-0.05, 0) is 64.1 Å². The Hall–Kier alpha value is -1.11. The lowest BCUT2D eigenvalue weighted by Gasteiger charge is -2.29. The lowest BCUT2D eigenvalue weighted by atomic mass is 9.97. The highest BCUT2D eigenvalue weighted by atomic mass is 32.2. The van der Waals surface area contributed by atoms with Gasteiger partial charge in [-0.3, -0.25) is 0 Å². The minimum atomic E-state index is -3.37. The summed E-state index contributed by atoms with van der Waals surface area (Å²) in [5.41, 5.74) is 0.861. The first-order chi connectivity index (χ1) is 9.51. The van der Waals surface area contributed by atoms with E-state index in [0.717, 1.165) is 25.3 Å². The topological polar surface area (TPSA) is 61.4 Å². The molecule has 0 saturated carbocycles. The van der Waals surface area contributed by atoms with Gasteiger partial charge < -0.3 is 10.2 Å². The second-order valence-corrected chi connectivity index (χ2v) is 7.25. The Morgan fingerprint density at radius 2 is 2.00 bits per heavy atom. The van der Waals surface area contributed by atoms with Crippen LogP contribution in [-0.4, -0.2) is 47.0 Å². The Morgan fingerprint density at radius 3 is 2.65 bits per heavy atom. The van der Waals surface area contributed by atoms with Gasteiger partial charge in [0.05, 0.1) is 4.90 Å². The molecule has 1 aliphatic heterocycles. The Kier molecular flexibility index (Phi) is 5.01. The van der Waals surface area contributed by atoms with Crippen LogP contribution in [0.1, 0.15) is 12.8 Å². The number of hydrogen-bond donors (Lipinski definition) is 2. The van der Waals surface area contributed by atoms with Crippen LogP contribution >= 0.6 is 0 Å².